The first-order valence-electron chi connectivity index (χ1n) is 22.3. The number of anilines is 3. The number of aliphatic hydroxyl groups excluding tert-OH is 2. The standard InChI is InChI=1S/C29H26F3N3O3.C17H21N3O.C5H3ClN2O2/c30-29(31,32)27-26(38-28(34-27)22-9-5-2-6-10-22)23(36)17-19-11-12-24(33-18-19)35-15-13-21(14-16-35)25(37)20-7-3-1-4-8-20;18-15-6-7-16(19-12-15)20-10-8-14(9-11-20)17(21)13-4-2-1-3-5-13;6-5-2-1-4(3-7-5)8(9)10/h1-12,18,21,25,37H,13-17H2;1-7,12,14,17,21H,8-11,18H2;1-3H. The average molecular weight is 963 g/mol. The number of rotatable bonds is 11. The summed E-state index contributed by atoms with van der Waals surface area (Å²) in [5, 5.41) is 31.5. The maximum Gasteiger partial charge on any atom is 0.437 e. The van der Waals surface area contributed by atoms with Gasteiger partial charge in [0, 0.05) is 50.4 Å². The SMILES string of the molecule is Nc1ccc(N2CCC(C(O)c3ccccc3)CC2)nc1.O=C(Cc1ccc(N2CCC(C(O)c3ccccc3)CC2)nc1)c1oc(-c2ccccc2)nc1C(F)(F)F.O=[N+]([O-])c1ccc(Cl)nc1. The molecule has 0 amide bonds. The second-order valence-electron chi connectivity index (χ2n) is 16.6. The van der Waals surface area contributed by atoms with Gasteiger partial charge in [-0.05, 0) is 90.6 Å². The fourth-order valence-corrected chi connectivity index (χ4v) is 8.29. The molecule has 2 atom stereocenters. The third-order valence-corrected chi connectivity index (χ3v) is 12.2. The lowest BCUT2D eigenvalue weighted by atomic mass is 9.87. The molecule has 4 aromatic heterocycles. The van der Waals surface area contributed by atoms with Gasteiger partial charge in [0.15, 0.2) is 5.69 Å². The van der Waals surface area contributed by atoms with Crippen molar-refractivity contribution >= 4 is 40.4 Å². The number of nitro groups is 1. The molecule has 6 heterocycles. The van der Waals surface area contributed by atoms with E-state index in [-0.39, 0.29) is 35.2 Å². The molecule has 2 aliphatic heterocycles. The number of nitrogen functional groups attached to an aromatic ring is 1. The Balaban J connectivity index is 0.000000188. The minimum absolute atomic E-state index is 0.0515. The van der Waals surface area contributed by atoms with E-state index in [1.165, 1.54) is 18.3 Å². The van der Waals surface area contributed by atoms with Gasteiger partial charge in [-0.15, -0.1) is 0 Å². The molecule has 9 rings (SSSR count). The summed E-state index contributed by atoms with van der Waals surface area (Å²) in [6, 6.07) is 37.6. The van der Waals surface area contributed by atoms with Crippen molar-refractivity contribution < 1.29 is 37.5 Å². The van der Waals surface area contributed by atoms with Crippen LogP contribution in [0.2, 0.25) is 5.15 Å². The summed E-state index contributed by atoms with van der Waals surface area (Å²) in [4.78, 5) is 42.6. The molecule has 0 spiro atoms. The van der Waals surface area contributed by atoms with Crippen molar-refractivity contribution in [3.8, 4) is 11.5 Å². The quantitative estimate of drug-likeness (QED) is 0.0480. The van der Waals surface area contributed by atoms with Crippen LogP contribution in [0.15, 0.2) is 150 Å². The van der Waals surface area contributed by atoms with E-state index in [1.807, 2.05) is 72.8 Å². The van der Waals surface area contributed by atoms with Crippen LogP contribution in [0.1, 0.15) is 70.8 Å². The number of hydrogen-bond donors (Lipinski definition) is 3. The highest BCUT2D eigenvalue weighted by Gasteiger charge is 2.41. The molecule has 2 fully saturated rings. The fourth-order valence-electron chi connectivity index (χ4n) is 8.17. The van der Waals surface area contributed by atoms with E-state index in [0.717, 1.165) is 80.8 Å². The number of benzene rings is 3. The van der Waals surface area contributed by atoms with E-state index >= 15 is 0 Å². The molecule has 14 nitrogen and oxygen atoms in total. The van der Waals surface area contributed by atoms with Gasteiger partial charge in [-0.2, -0.15) is 13.2 Å². The maximum absolute atomic E-state index is 13.6. The number of pyridine rings is 3. The van der Waals surface area contributed by atoms with E-state index in [2.05, 4.69) is 29.7 Å². The van der Waals surface area contributed by atoms with Crippen molar-refractivity contribution in [3.05, 3.63) is 189 Å². The van der Waals surface area contributed by atoms with Crippen molar-refractivity contribution in [2.24, 2.45) is 11.8 Å². The first-order chi connectivity index (χ1) is 33.2. The molecular weight excluding hydrogens is 913 g/mol. The Labute approximate surface area is 401 Å². The molecule has 358 valence electrons. The zero-order chi connectivity index (χ0) is 48.9. The lowest BCUT2D eigenvalue weighted by Gasteiger charge is -2.35. The minimum atomic E-state index is -4.83. The number of Topliss-reactive ketones (excluding diaryl/α,β-unsaturated/α-hetero) is 1. The van der Waals surface area contributed by atoms with Crippen LogP contribution in [0.25, 0.3) is 11.5 Å². The minimum Gasteiger partial charge on any atom is -0.432 e. The summed E-state index contributed by atoms with van der Waals surface area (Å²) in [5.74, 6) is 0.272. The van der Waals surface area contributed by atoms with Crippen LogP contribution in [-0.2, 0) is 12.6 Å². The molecule has 4 N–H and O–H groups in total. The lowest BCUT2D eigenvalue weighted by molar-refractivity contribution is -0.385. The average Bonchev–Trinajstić information content (AvgIpc) is 3.85. The molecule has 0 aliphatic carbocycles. The Morgan fingerprint density at radius 3 is 1.67 bits per heavy atom. The number of oxazole rings is 1. The van der Waals surface area contributed by atoms with E-state index < -0.39 is 34.4 Å². The molecule has 2 aliphatic rings. The Morgan fingerprint density at radius 1 is 0.725 bits per heavy atom. The number of carbonyl (C=O) groups is 1. The number of ketones is 1. The van der Waals surface area contributed by atoms with Gasteiger partial charge in [0.2, 0.25) is 17.4 Å². The number of halogens is 4. The lowest BCUT2D eigenvalue weighted by Crippen LogP contribution is -2.36. The molecule has 0 radical (unpaired) electrons. The van der Waals surface area contributed by atoms with Gasteiger partial charge in [-0.3, -0.25) is 14.9 Å². The van der Waals surface area contributed by atoms with Crippen molar-refractivity contribution in [1.29, 1.82) is 0 Å². The number of alkyl halides is 3. The highest BCUT2D eigenvalue weighted by atomic mass is 35.5. The van der Waals surface area contributed by atoms with Crippen LogP contribution in [0.3, 0.4) is 0 Å². The summed E-state index contributed by atoms with van der Waals surface area (Å²) in [7, 11) is 0. The highest BCUT2D eigenvalue weighted by Crippen LogP contribution is 2.36. The highest BCUT2D eigenvalue weighted by molar-refractivity contribution is 6.29. The van der Waals surface area contributed by atoms with Gasteiger partial charge < -0.3 is 30.2 Å². The molecule has 0 saturated carbocycles. The van der Waals surface area contributed by atoms with Crippen LogP contribution in [0.4, 0.5) is 36.2 Å². The van der Waals surface area contributed by atoms with Gasteiger partial charge in [-0.25, -0.2) is 19.9 Å². The van der Waals surface area contributed by atoms with Crippen molar-refractivity contribution in [2.45, 2.75) is 50.5 Å². The number of aromatic nitrogens is 4. The second kappa shape index (κ2) is 23.2. The number of hydrogen-bond acceptors (Lipinski definition) is 13. The number of nitrogens with zero attached hydrogens (tertiary/aromatic N) is 7. The van der Waals surface area contributed by atoms with Crippen LogP contribution in [0, 0.1) is 22.0 Å². The molecule has 2 unspecified atom stereocenters. The molecule has 3 aromatic carbocycles. The van der Waals surface area contributed by atoms with Gasteiger partial charge in [-0.1, -0.05) is 96.5 Å². The van der Waals surface area contributed by atoms with E-state index in [0.29, 0.717) is 22.7 Å². The molecular formula is C51H50ClF3N8O6. The van der Waals surface area contributed by atoms with Gasteiger partial charge >= 0.3 is 6.18 Å². The second-order valence-corrected chi connectivity index (χ2v) is 17.0. The number of nitrogens with two attached hydrogens (primary N) is 1. The van der Waals surface area contributed by atoms with Crippen LogP contribution in [-0.4, -0.2) is 67.0 Å². The summed E-state index contributed by atoms with van der Waals surface area (Å²) >= 11 is 5.38. The monoisotopic (exact) mass is 962 g/mol. The number of aliphatic hydroxyl groups is 2. The van der Waals surface area contributed by atoms with E-state index in [4.69, 9.17) is 21.8 Å². The summed E-state index contributed by atoms with van der Waals surface area (Å²) in [6.07, 6.45) is 1.84. The molecule has 2 saturated heterocycles. The zero-order valence-electron chi connectivity index (χ0n) is 37.3. The molecule has 69 heavy (non-hydrogen) atoms. The Hall–Kier alpha value is -7.21. The first kappa shape index (κ1) is 49.7. The van der Waals surface area contributed by atoms with Crippen LogP contribution < -0.4 is 15.5 Å². The maximum atomic E-state index is 13.6. The Morgan fingerprint density at radius 2 is 1.23 bits per heavy atom. The molecule has 18 heteroatoms. The normalized spacial score (nSPS) is 15.2. The predicted molar refractivity (Wildman–Crippen MR) is 256 cm³/mol. The van der Waals surface area contributed by atoms with E-state index in [9.17, 15) is 38.3 Å². The van der Waals surface area contributed by atoms with E-state index in [1.54, 1.807) is 48.7 Å². The number of piperidine rings is 2. The first-order valence-corrected chi connectivity index (χ1v) is 22.7. The van der Waals surface area contributed by atoms with Gasteiger partial charge in [0.25, 0.3) is 5.69 Å². The van der Waals surface area contributed by atoms with Crippen LogP contribution >= 0.6 is 11.6 Å². The molecule has 0 bridgehead atoms. The third kappa shape index (κ3) is 13.5. The van der Waals surface area contributed by atoms with Gasteiger partial charge in [0.1, 0.15) is 23.0 Å². The predicted octanol–water partition coefficient (Wildman–Crippen LogP) is 10.4. The number of carbonyl (C=O) groups excluding carboxylic acids is 1. The zero-order valence-corrected chi connectivity index (χ0v) is 38.0. The Bertz CT molecular complexity index is 2700. The smallest absolute Gasteiger partial charge is 0.432 e. The third-order valence-electron chi connectivity index (χ3n) is 11.9. The summed E-state index contributed by atoms with van der Waals surface area (Å²) in [5.41, 5.74) is 7.73. The summed E-state index contributed by atoms with van der Waals surface area (Å²) < 4.78 is 46.1. The largest absolute Gasteiger partial charge is 0.437 e. The fraction of sp³-hybridized carbons (Fsp3) is 0.275. The molecule has 7 aromatic rings. The topological polar surface area (TPSA) is 198 Å². The van der Waals surface area contributed by atoms with Crippen molar-refractivity contribution in [3.63, 3.8) is 0 Å². The summed E-state index contributed by atoms with van der Waals surface area (Å²) in [6.45, 7) is 3.28. The van der Waals surface area contributed by atoms with Crippen molar-refractivity contribution in [1.82, 2.24) is 19.9 Å². The Kier molecular flexibility index (Phi) is 16.7. The van der Waals surface area contributed by atoms with Crippen LogP contribution in [0.5, 0.6) is 0 Å². The van der Waals surface area contributed by atoms with Gasteiger partial charge in [0.05, 0.1) is 29.0 Å². The van der Waals surface area contributed by atoms with Crippen molar-refractivity contribution in [2.75, 3.05) is 41.7 Å².